The molecule has 0 atom stereocenters. The van der Waals surface area contributed by atoms with Crippen molar-refractivity contribution in [1.29, 1.82) is 0 Å². The molecule has 0 aliphatic heterocycles. The van der Waals surface area contributed by atoms with Crippen LogP contribution in [0.3, 0.4) is 0 Å². The average Bonchev–Trinajstić information content (AvgIpc) is 2.19. The van der Waals surface area contributed by atoms with Crippen molar-refractivity contribution in [2.45, 2.75) is 69.7 Å². The van der Waals surface area contributed by atoms with Gasteiger partial charge in [-0.25, -0.2) is 0 Å². The number of carbonyl (C=O) groups is 1. The molecule has 0 aromatic rings. The second-order valence-electron chi connectivity index (χ2n) is 3.64. The fraction of sp³-hybridized carbons (Fsp3) is 0.917. The fourth-order valence-corrected chi connectivity index (χ4v) is 2.06. The summed E-state index contributed by atoms with van der Waals surface area (Å²) < 4.78 is 1.43. The standard InChI is InChI=1S/C8H16O2.C4H9.Sn/c1-2-3-4-5-6-7-8(9)10;1-3-4-2;/h2-7H2,1H3,(H,9,10);1,3-4H2,2H3;/q;;+1/p-1. The summed E-state index contributed by atoms with van der Waals surface area (Å²) in [7, 11) is 0. The number of unbranched alkanes of at least 4 members (excludes halogenated alkanes) is 5. The van der Waals surface area contributed by atoms with Gasteiger partial charge >= 0.3 is 46.7 Å². The Hall–Kier alpha value is 0.269. The van der Waals surface area contributed by atoms with Crippen molar-refractivity contribution in [1.82, 2.24) is 0 Å². The second-order valence-corrected chi connectivity index (χ2v) is 5.07. The molecule has 0 N–H and O–H groups in total. The SMILES string of the molecule is CCCCCCCC(=O)[O-].CCC[CH2][Sn+]. The summed E-state index contributed by atoms with van der Waals surface area (Å²) in [5, 5.41) is 9.92. The number of hydrogen-bond acceptors (Lipinski definition) is 2. The Bertz CT molecular complexity index is 125. The van der Waals surface area contributed by atoms with Gasteiger partial charge in [-0.1, -0.05) is 32.6 Å². The summed E-state index contributed by atoms with van der Waals surface area (Å²) in [6.07, 6.45) is 8.40. The predicted octanol–water partition coefficient (Wildman–Crippen LogP) is 2.47. The molecule has 2 nitrogen and oxygen atoms in total. The molecule has 88 valence electrons. The normalized spacial score (nSPS) is 9.20. The van der Waals surface area contributed by atoms with E-state index in [4.69, 9.17) is 0 Å². The molecule has 0 aromatic heterocycles. The Kier molecular flexibility index (Phi) is 19.6. The first-order valence-electron chi connectivity index (χ1n) is 6.03. The van der Waals surface area contributed by atoms with E-state index < -0.39 is 5.97 Å². The number of carbonyl (C=O) groups excluding carboxylic acids is 1. The molecule has 0 bridgehead atoms. The van der Waals surface area contributed by atoms with Crippen LogP contribution in [0.5, 0.6) is 0 Å². The van der Waals surface area contributed by atoms with Gasteiger partial charge in [-0.2, -0.15) is 0 Å². The molecular weight excluding hydrogens is 295 g/mol. The van der Waals surface area contributed by atoms with Crippen molar-refractivity contribution >= 4 is 28.5 Å². The molecule has 3 heteroatoms. The van der Waals surface area contributed by atoms with Crippen molar-refractivity contribution in [3.63, 3.8) is 0 Å². The first kappa shape index (κ1) is 17.7. The van der Waals surface area contributed by atoms with Crippen LogP contribution in [0.1, 0.15) is 65.2 Å². The third-order valence-electron chi connectivity index (χ3n) is 2.01. The molecule has 0 heterocycles. The van der Waals surface area contributed by atoms with E-state index in [2.05, 4.69) is 13.8 Å². The maximum absolute atomic E-state index is 9.92. The third kappa shape index (κ3) is 25.0. The summed E-state index contributed by atoms with van der Waals surface area (Å²) in [6.45, 7) is 4.36. The number of hydrogen-bond donors (Lipinski definition) is 0. The van der Waals surface area contributed by atoms with E-state index in [0.717, 1.165) is 19.3 Å². The molecule has 0 amide bonds. The van der Waals surface area contributed by atoms with Gasteiger partial charge in [0, 0.05) is 5.97 Å². The molecule has 0 aliphatic rings. The zero-order valence-corrected chi connectivity index (χ0v) is 13.0. The van der Waals surface area contributed by atoms with Gasteiger partial charge in [-0.15, -0.1) is 0 Å². The van der Waals surface area contributed by atoms with Gasteiger partial charge in [0.2, 0.25) is 0 Å². The van der Waals surface area contributed by atoms with Crippen LogP contribution in [0.4, 0.5) is 0 Å². The zero-order valence-electron chi connectivity index (χ0n) is 10.2. The summed E-state index contributed by atoms with van der Waals surface area (Å²) in [5.74, 6) is -0.920. The Morgan fingerprint density at radius 1 is 1.00 bits per heavy atom. The van der Waals surface area contributed by atoms with E-state index >= 15 is 0 Å². The van der Waals surface area contributed by atoms with Crippen LogP contribution < -0.4 is 5.11 Å². The quantitative estimate of drug-likeness (QED) is 0.509. The van der Waals surface area contributed by atoms with Gasteiger partial charge in [0.1, 0.15) is 0 Å². The molecular formula is C12H24O2Sn. The van der Waals surface area contributed by atoms with Gasteiger partial charge in [-0.05, 0) is 12.8 Å². The van der Waals surface area contributed by atoms with Crippen molar-refractivity contribution in [3.05, 3.63) is 0 Å². The van der Waals surface area contributed by atoms with Crippen LogP contribution >= 0.6 is 0 Å². The second kappa shape index (κ2) is 16.7. The number of aliphatic carboxylic acids is 1. The molecule has 0 spiro atoms. The van der Waals surface area contributed by atoms with Gasteiger partial charge in [0.15, 0.2) is 0 Å². The van der Waals surface area contributed by atoms with E-state index in [1.54, 1.807) is 22.5 Å². The molecule has 15 heavy (non-hydrogen) atoms. The van der Waals surface area contributed by atoms with Gasteiger partial charge in [0.25, 0.3) is 0 Å². The molecule has 0 fully saturated rings. The predicted molar refractivity (Wildman–Crippen MR) is 63.9 cm³/mol. The van der Waals surface area contributed by atoms with E-state index in [1.165, 1.54) is 30.1 Å². The monoisotopic (exact) mass is 320 g/mol. The topological polar surface area (TPSA) is 40.1 Å². The number of rotatable bonds is 8. The summed E-state index contributed by atoms with van der Waals surface area (Å²) in [4.78, 5) is 9.92. The first-order valence-corrected chi connectivity index (χ1v) is 8.05. The van der Waals surface area contributed by atoms with Crippen molar-refractivity contribution in [3.8, 4) is 0 Å². The Morgan fingerprint density at radius 3 is 1.87 bits per heavy atom. The molecule has 0 saturated heterocycles. The fourth-order valence-electron chi connectivity index (χ4n) is 1.05. The van der Waals surface area contributed by atoms with E-state index in [1.807, 2.05) is 0 Å². The zero-order chi connectivity index (χ0) is 11.9. The molecule has 0 saturated carbocycles. The maximum atomic E-state index is 9.92. The molecule has 2 radical (unpaired) electrons. The molecule has 0 aromatic carbocycles. The minimum absolute atomic E-state index is 0.226. The minimum atomic E-state index is -0.920. The summed E-state index contributed by atoms with van der Waals surface area (Å²) in [6, 6.07) is 0. The van der Waals surface area contributed by atoms with E-state index in [-0.39, 0.29) is 6.42 Å². The van der Waals surface area contributed by atoms with Crippen molar-refractivity contribution in [2.24, 2.45) is 0 Å². The average molecular weight is 319 g/mol. The van der Waals surface area contributed by atoms with Crippen LogP contribution in [0.25, 0.3) is 0 Å². The third-order valence-corrected chi connectivity index (χ3v) is 3.02. The Morgan fingerprint density at radius 2 is 1.53 bits per heavy atom. The van der Waals surface area contributed by atoms with Crippen LogP contribution in [0, 0.1) is 0 Å². The first-order chi connectivity index (χ1) is 7.18. The number of carboxylic acid groups (broad SMARTS) is 1. The van der Waals surface area contributed by atoms with Crippen LogP contribution in [0.15, 0.2) is 0 Å². The Balaban J connectivity index is 0. The Labute approximate surface area is 108 Å². The number of carboxylic acids is 1. The van der Waals surface area contributed by atoms with Crippen LogP contribution in [-0.2, 0) is 4.79 Å². The van der Waals surface area contributed by atoms with E-state index in [9.17, 15) is 9.90 Å². The van der Waals surface area contributed by atoms with Gasteiger partial charge in [0.05, 0.1) is 0 Å². The van der Waals surface area contributed by atoms with Gasteiger partial charge < -0.3 is 9.90 Å². The molecule has 0 unspecified atom stereocenters. The van der Waals surface area contributed by atoms with Crippen LogP contribution in [0.2, 0.25) is 4.44 Å². The van der Waals surface area contributed by atoms with Crippen LogP contribution in [-0.4, -0.2) is 28.5 Å². The van der Waals surface area contributed by atoms with E-state index in [0.29, 0.717) is 0 Å². The van der Waals surface area contributed by atoms with Crippen molar-refractivity contribution in [2.75, 3.05) is 0 Å². The summed E-state index contributed by atoms with van der Waals surface area (Å²) in [5.41, 5.74) is 0. The summed E-state index contributed by atoms with van der Waals surface area (Å²) >= 11 is 1.68. The van der Waals surface area contributed by atoms with Crippen molar-refractivity contribution < 1.29 is 9.90 Å². The van der Waals surface area contributed by atoms with Gasteiger partial charge in [-0.3, -0.25) is 0 Å². The molecule has 0 aliphatic carbocycles. The molecule has 0 rings (SSSR count).